The van der Waals surface area contributed by atoms with Crippen molar-refractivity contribution in [1.29, 1.82) is 0 Å². The number of aliphatic hydroxyl groups excluding tert-OH is 1. The minimum absolute atomic E-state index is 0.0341. The van der Waals surface area contributed by atoms with Crippen molar-refractivity contribution in [3.05, 3.63) is 41.5 Å². The van der Waals surface area contributed by atoms with Crippen LogP contribution in [0.1, 0.15) is 77.2 Å². The number of rotatable bonds is 3. The van der Waals surface area contributed by atoms with Crippen LogP contribution in [0.4, 0.5) is 5.69 Å². The van der Waals surface area contributed by atoms with E-state index >= 15 is 0 Å². The highest BCUT2D eigenvalue weighted by Crippen LogP contribution is 2.65. The standard InChI is InChI=1S/C27H37NO2/c1-16(2)28-19-7-4-17(5-8-19)23-15-27(3)24(12-13-25(27)30)22-10-6-18-14-20(29)9-11-21(18)26(22)23/h4-5,7-8,14,16,21-26,28,30H,6,9-13,15H2,1-3H3. The van der Waals surface area contributed by atoms with Gasteiger partial charge in [-0.3, -0.25) is 4.79 Å². The molecule has 1 aromatic carbocycles. The number of ketones is 1. The highest BCUT2D eigenvalue weighted by molar-refractivity contribution is 5.91. The van der Waals surface area contributed by atoms with Crippen LogP contribution in [-0.2, 0) is 4.79 Å². The number of carbonyl (C=O) groups excluding carboxylic acids is 1. The van der Waals surface area contributed by atoms with E-state index in [4.69, 9.17) is 0 Å². The molecular weight excluding hydrogens is 370 g/mol. The lowest BCUT2D eigenvalue weighted by atomic mass is 9.48. The van der Waals surface area contributed by atoms with Crippen molar-refractivity contribution in [2.45, 2.75) is 83.8 Å². The molecule has 162 valence electrons. The zero-order valence-corrected chi connectivity index (χ0v) is 18.7. The molecule has 0 aliphatic heterocycles. The number of benzene rings is 1. The van der Waals surface area contributed by atoms with Crippen LogP contribution in [0.15, 0.2) is 35.9 Å². The summed E-state index contributed by atoms with van der Waals surface area (Å²) in [6.45, 7) is 6.70. The number of hydrogen-bond donors (Lipinski definition) is 2. The number of anilines is 1. The maximum absolute atomic E-state index is 12.1. The molecule has 4 aliphatic rings. The zero-order valence-electron chi connectivity index (χ0n) is 18.7. The van der Waals surface area contributed by atoms with Gasteiger partial charge in [-0.2, -0.15) is 0 Å². The monoisotopic (exact) mass is 407 g/mol. The predicted octanol–water partition coefficient (Wildman–Crippen LogP) is 5.70. The van der Waals surface area contributed by atoms with E-state index < -0.39 is 0 Å². The maximum Gasteiger partial charge on any atom is 0.155 e. The van der Waals surface area contributed by atoms with Gasteiger partial charge in [-0.25, -0.2) is 0 Å². The van der Waals surface area contributed by atoms with E-state index in [1.807, 2.05) is 6.08 Å². The topological polar surface area (TPSA) is 49.3 Å². The molecule has 0 bridgehead atoms. The smallest absolute Gasteiger partial charge is 0.155 e. The summed E-state index contributed by atoms with van der Waals surface area (Å²) in [4.78, 5) is 12.1. The molecule has 7 unspecified atom stereocenters. The van der Waals surface area contributed by atoms with Crippen LogP contribution in [0.3, 0.4) is 0 Å². The lowest BCUT2D eigenvalue weighted by Crippen LogP contribution is -2.50. The van der Waals surface area contributed by atoms with Gasteiger partial charge in [0.05, 0.1) is 6.10 Å². The second-order valence-corrected chi connectivity index (χ2v) is 11.0. The number of hydrogen-bond acceptors (Lipinski definition) is 3. The highest BCUT2D eigenvalue weighted by atomic mass is 16.3. The van der Waals surface area contributed by atoms with Crippen molar-refractivity contribution in [2.24, 2.45) is 29.1 Å². The first-order valence-corrected chi connectivity index (χ1v) is 12.1. The fraction of sp³-hybridized carbons (Fsp3) is 0.667. The summed E-state index contributed by atoms with van der Waals surface area (Å²) in [7, 11) is 0. The van der Waals surface area contributed by atoms with Crippen molar-refractivity contribution in [2.75, 3.05) is 5.32 Å². The van der Waals surface area contributed by atoms with E-state index in [-0.39, 0.29) is 11.5 Å². The zero-order chi connectivity index (χ0) is 21.0. The van der Waals surface area contributed by atoms with E-state index in [0.717, 1.165) is 25.7 Å². The van der Waals surface area contributed by atoms with Gasteiger partial charge in [0, 0.05) is 18.2 Å². The van der Waals surface area contributed by atoms with Gasteiger partial charge in [-0.15, -0.1) is 0 Å². The Bertz CT molecular complexity index is 841. The molecule has 5 rings (SSSR count). The Kier molecular flexibility index (Phi) is 5.08. The third-order valence-corrected chi connectivity index (χ3v) is 9.04. The molecule has 0 spiro atoms. The van der Waals surface area contributed by atoms with Crippen molar-refractivity contribution in [3.63, 3.8) is 0 Å². The van der Waals surface area contributed by atoms with Gasteiger partial charge in [0.15, 0.2) is 5.78 Å². The third-order valence-electron chi connectivity index (χ3n) is 9.04. The van der Waals surface area contributed by atoms with Crippen molar-refractivity contribution >= 4 is 11.5 Å². The molecule has 1 aromatic rings. The van der Waals surface area contributed by atoms with Crippen molar-refractivity contribution in [3.8, 4) is 0 Å². The van der Waals surface area contributed by atoms with Crippen LogP contribution in [0.25, 0.3) is 0 Å². The summed E-state index contributed by atoms with van der Waals surface area (Å²) in [5, 5.41) is 14.5. The minimum Gasteiger partial charge on any atom is -0.393 e. The molecule has 3 heteroatoms. The molecular formula is C27H37NO2. The van der Waals surface area contributed by atoms with E-state index in [9.17, 15) is 9.90 Å². The quantitative estimate of drug-likeness (QED) is 0.675. The summed E-state index contributed by atoms with van der Waals surface area (Å²) in [6, 6.07) is 9.53. The number of allylic oxidation sites excluding steroid dienone is 1. The molecule has 3 fully saturated rings. The van der Waals surface area contributed by atoms with Gasteiger partial charge >= 0.3 is 0 Å². The molecule has 0 amide bonds. The van der Waals surface area contributed by atoms with E-state index in [1.54, 1.807) is 0 Å². The van der Waals surface area contributed by atoms with Crippen LogP contribution in [0, 0.1) is 29.1 Å². The summed E-state index contributed by atoms with van der Waals surface area (Å²) < 4.78 is 0. The maximum atomic E-state index is 12.1. The molecule has 0 heterocycles. The Hall–Kier alpha value is -1.61. The highest BCUT2D eigenvalue weighted by Gasteiger charge is 2.59. The van der Waals surface area contributed by atoms with Crippen LogP contribution >= 0.6 is 0 Å². The van der Waals surface area contributed by atoms with Gasteiger partial charge in [-0.05, 0) is 111 Å². The molecule has 7 atom stereocenters. The molecule has 0 radical (unpaired) electrons. The average molecular weight is 408 g/mol. The normalized spacial score (nSPS) is 40.4. The van der Waals surface area contributed by atoms with Crippen LogP contribution in [0.5, 0.6) is 0 Å². The first kappa shape index (κ1) is 20.3. The number of aliphatic hydroxyl groups is 1. The van der Waals surface area contributed by atoms with Gasteiger partial charge < -0.3 is 10.4 Å². The average Bonchev–Trinajstić information content (AvgIpc) is 3.01. The molecule has 3 saturated carbocycles. The second-order valence-electron chi connectivity index (χ2n) is 11.0. The Morgan fingerprint density at radius 2 is 1.80 bits per heavy atom. The van der Waals surface area contributed by atoms with Crippen LogP contribution in [-0.4, -0.2) is 23.0 Å². The molecule has 2 N–H and O–H groups in total. The summed E-state index contributed by atoms with van der Waals surface area (Å²) in [5.74, 6) is 3.29. The summed E-state index contributed by atoms with van der Waals surface area (Å²) in [6.07, 6.45) is 9.06. The predicted molar refractivity (Wildman–Crippen MR) is 121 cm³/mol. The van der Waals surface area contributed by atoms with E-state index in [2.05, 4.69) is 50.4 Å². The Morgan fingerprint density at radius 3 is 2.53 bits per heavy atom. The van der Waals surface area contributed by atoms with E-state index in [0.29, 0.717) is 47.8 Å². The number of carbonyl (C=O) groups is 1. The SMILES string of the molecule is CC(C)Nc1ccc(C2CC3(C)C(O)CCC3C3CCC4=CC(=O)CCC4C23)cc1. The lowest BCUT2D eigenvalue weighted by molar-refractivity contribution is -0.116. The Labute approximate surface area is 181 Å². The van der Waals surface area contributed by atoms with Crippen LogP contribution in [0.2, 0.25) is 0 Å². The first-order valence-electron chi connectivity index (χ1n) is 12.1. The molecule has 30 heavy (non-hydrogen) atoms. The molecule has 4 aliphatic carbocycles. The first-order chi connectivity index (χ1) is 14.4. The summed E-state index contributed by atoms with van der Waals surface area (Å²) >= 11 is 0. The van der Waals surface area contributed by atoms with Gasteiger partial charge in [0.1, 0.15) is 0 Å². The molecule has 0 aromatic heterocycles. The van der Waals surface area contributed by atoms with Gasteiger partial charge in [0.25, 0.3) is 0 Å². The van der Waals surface area contributed by atoms with Crippen molar-refractivity contribution in [1.82, 2.24) is 0 Å². The minimum atomic E-state index is -0.169. The third kappa shape index (κ3) is 3.25. The largest absolute Gasteiger partial charge is 0.393 e. The lowest BCUT2D eigenvalue weighted by Gasteiger charge is -2.57. The van der Waals surface area contributed by atoms with E-state index in [1.165, 1.54) is 29.7 Å². The Balaban J connectivity index is 1.53. The fourth-order valence-corrected chi connectivity index (χ4v) is 7.78. The molecule has 0 saturated heterocycles. The van der Waals surface area contributed by atoms with Gasteiger partial charge in [0.2, 0.25) is 0 Å². The number of fused-ring (bicyclic) bond motifs is 5. The van der Waals surface area contributed by atoms with Crippen LogP contribution < -0.4 is 5.32 Å². The van der Waals surface area contributed by atoms with Gasteiger partial charge in [-0.1, -0.05) is 24.6 Å². The fourth-order valence-electron chi connectivity index (χ4n) is 7.78. The number of nitrogens with one attached hydrogen (secondary N) is 1. The Morgan fingerprint density at radius 1 is 1.03 bits per heavy atom. The summed E-state index contributed by atoms with van der Waals surface area (Å²) in [5.41, 5.74) is 4.07. The molecule has 3 nitrogen and oxygen atoms in total. The van der Waals surface area contributed by atoms with Crippen molar-refractivity contribution < 1.29 is 9.90 Å². The second kappa shape index (κ2) is 7.51.